The summed E-state index contributed by atoms with van der Waals surface area (Å²) >= 11 is 0. The number of para-hydroxylation sites is 1. The highest BCUT2D eigenvalue weighted by Crippen LogP contribution is 2.34. The molecule has 1 aromatic carbocycles. The number of hydrogen-bond donors (Lipinski definition) is 1. The second-order valence-electron chi connectivity index (χ2n) is 5.78. The van der Waals surface area contributed by atoms with Gasteiger partial charge < -0.3 is 4.74 Å². The largest absolute Gasteiger partial charge is 0.750 e. The molecule has 0 bridgehead atoms. The first kappa shape index (κ1) is 18.8. The molecule has 3 rings (SSSR count). The van der Waals surface area contributed by atoms with Gasteiger partial charge in [-0.1, -0.05) is 24.1 Å². The number of hydrogen-bond acceptors (Lipinski definition) is 6. The van der Waals surface area contributed by atoms with Crippen molar-refractivity contribution in [3.63, 3.8) is 0 Å². The number of nitrogens with one attached hydrogen (secondary N) is 1. The zero-order chi connectivity index (χ0) is 19.4. The van der Waals surface area contributed by atoms with Gasteiger partial charge in [0.1, 0.15) is 0 Å². The van der Waals surface area contributed by atoms with Crippen molar-refractivity contribution in [1.29, 1.82) is 0 Å². The van der Waals surface area contributed by atoms with E-state index in [2.05, 4.69) is 10.9 Å². The lowest BCUT2D eigenvalue weighted by atomic mass is 10.1. The lowest BCUT2D eigenvalue weighted by Crippen LogP contribution is -2.37. The van der Waals surface area contributed by atoms with Crippen LogP contribution in [-0.4, -0.2) is 21.8 Å². The number of aromatic amines is 1. The van der Waals surface area contributed by atoms with Crippen molar-refractivity contribution >= 4 is 8.25 Å². The van der Waals surface area contributed by atoms with Crippen LogP contribution in [0.15, 0.2) is 58.3 Å². The number of H-pyrrole nitrogens is 1. The highest BCUT2D eigenvalue weighted by molar-refractivity contribution is 7.33. The fourth-order valence-corrected chi connectivity index (χ4v) is 3.05. The van der Waals surface area contributed by atoms with E-state index in [1.165, 1.54) is 16.8 Å². The highest BCUT2D eigenvalue weighted by Gasteiger charge is 2.39. The maximum atomic E-state index is 12.0. The van der Waals surface area contributed by atoms with E-state index in [-0.39, 0.29) is 6.61 Å². The van der Waals surface area contributed by atoms with E-state index in [1.807, 2.05) is 0 Å². The highest BCUT2D eigenvalue weighted by atomic mass is 31.1. The van der Waals surface area contributed by atoms with Crippen LogP contribution in [0.2, 0.25) is 0 Å². The van der Waals surface area contributed by atoms with Gasteiger partial charge in [0.25, 0.3) is 5.56 Å². The van der Waals surface area contributed by atoms with Gasteiger partial charge in [0.15, 0.2) is 24.2 Å². The van der Waals surface area contributed by atoms with Gasteiger partial charge in [0.2, 0.25) is 0 Å². The standard InChI is InChI=1S/C18H15N2O6P/c1-3-18(12-24-27(23)26-14-7-5-4-6-8-14)10-9-15(25-18)20-11-13(2)16(21)19-17(20)22/h1,4-11,15H,12H2,2H3/p+1. The topological polar surface area (TPSA) is 99.6 Å². The van der Waals surface area contributed by atoms with Crippen LogP contribution < -0.4 is 15.8 Å². The van der Waals surface area contributed by atoms with Crippen LogP contribution in [0.4, 0.5) is 0 Å². The van der Waals surface area contributed by atoms with Gasteiger partial charge in [-0.3, -0.25) is 14.3 Å². The number of ether oxygens (including phenoxy) is 1. The maximum absolute atomic E-state index is 12.0. The molecule has 8 nitrogen and oxygen atoms in total. The molecule has 0 saturated heterocycles. The Morgan fingerprint density at radius 1 is 1.37 bits per heavy atom. The summed E-state index contributed by atoms with van der Waals surface area (Å²) in [6.45, 7) is 1.33. The molecule has 1 aliphatic rings. The summed E-state index contributed by atoms with van der Waals surface area (Å²) < 4.78 is 29.3. The molecule has 138 valence electrons. The van der Waals surface area contributed by atoms with Gasteiger partial charge in [0, 0.05) is 16.3 Å². The molecular formula is C18H16N2O6P+. The molecule has 0 fully saturated rings. The summed E-state index contributed by atoms with van der Waals surface area (Å²) in [6, 6.07) is 8.55. The van der Waals surface area contributed by atoms with Crippen molar-refractivity contribution in [2.45, 2.75) is 18.8 Å². The first-order valence-corrected chi connectivity index (χ1v) is 9.02. The van der Waals surface area contributed by atoms with Crippen molar-refractivity contribution in [1.82, 2.24) is 9.55 Å². The van der Waals surface area contributed by atoms with Crippen molar-refractivity contribution < 1.29 is 18.3 Å². The number of terminal acetylenes is 1. The molecule has 0 aliphatic carbocycles. The van der Waals surface area contributed by atoms with E-state index < -0.39 is 31.3 Å². The second-order valence-corrected chi connectivity index (χ2v) is 6.67. The van der Waals surface area contributed by atoms with E-state index in [9.17, 15) is 14.2 Å². The normalized spacial score (nSPS) is 21.6. The Bertz CT molecular complexity index is 1040. The Labute approximate surface area is 155 Å². The average Bonchev–Trinajstić information content (AvgIpc) is 3.09. The average molecular weight is 387 g/mol. The molecule has 9 heteroatoms. The molecule has 0 amide bonds. The van der Waals surface area contributed by atoms with Crippen molar-refractivity contribution in [2.24, 2.45) is 0 Å². The zero-order valence-corrected chi connectivity index (χ0v) is 15.2. The number of aryl methyl sites for hydroxylation is 1. The zero-order valence-electron chi connectivity index (χ0n) is 14.3. The van der Waals surface area contributed by atoms with Gasteiger partial charge in [0.05, 0.1) is 0 Å². The Balaban J connectivity index is 1.67. The van der Waals surface area contributed by atoms with Crippen LogP contribution in [0.25, 0.3) is 0 Å². The van der Waals surface area contributed by atoms with Crippen molar-refractivity contribution in [3.05, 3.63) is 75.1 Å². The molecule has 2 heterocycles. The fourth-order valence-electron chi connectivity index (χ4n) is 2.40. The van der Waals surface area contributed by atoms with E-state index in [1.54, 1.807) is 43.3 Å². The molecule has 0 saturated carbocycles. The predicted octanol–water partition coefficient (Wildman–Crippen LogP) is 2.06. The molecule has 27 heavy (non-hydrogen) atoms. The van der Waals surface area contributed by atoms with Gasteiger partial charge in [-0.05, 0) is 31.2 Å². The van der Waals surface area contributed by atoms with Crippen molar-refractivity contribution in [3.8, 4) is 18.1 Å². The molecule has 1 aromatic heterocycles. The summed E-state index contributed by atoms with van der Waals surface area (Å²) in [6.07, 6.45) is 9.20. The van der Waals surface area contributed by atoms with E-state index in [0.29, 0.717) is 11.3 Å². The van der Waals surface area contributed by atoms with E-state index in [4.69, 9.17) is 20.2 Å². The Morgan fingerprint density at radius 3 is 2.81 bits per heavy atom. The molecule has 0 spiro atoms. The number of rotatable bonds is 6. The van der Waals surface area contributed by atoms with E-state index in [0.717, 1.165) is 0 Å². The minimum absolute atomic E-state index is 0.240. The number of nitrogens with zero attached hydrogens (tertiary/aromatic N) is 1. The Morgan fingerprint density at radius 2 is 2.11 bits per heavy atom. The number of benzene rings is 1. The van der Waals surface area contributed by atoms with Crippen LogP contribution in [0.3, 0.4) is 0 Å². The molecule has 2 aromatic rings. The summed E-state index contributed by atoms with van der Waals surface area (Å²) in [5, 5.41) is 0. The van der Waals surface area contributed by atoms with Crippen molar-refractivity contribution in [2.75, 3.05) is 6.61 Å². The van der Waals surface area contributed by atoms with E-state index >= 15 is 0 Å². The quantitative estimate of drug-likeness (QED) is 0.463. The monoisotopic (exact) mass is 387 g/mol. The van der Waals surface area contributed by atoms with Crippen LogP contribution in [-0.2, 0) is 13.8 Å². The minimum Gasteiger partial charge on any atom is -0.329 e. The lowest BCUT2D eigenvalue weighted by molar-refractivity contribution is -0.0453. The third-order valence-corrected chi connectivity index (χ3v) is 4.53. The molecule has 3 unspecified atom stereocenters. The Kier molecular flexibility index (Phi) is 5.38. The first-order valence-electron chi connectivity index (χ1n) is 7.93. The SMILES string of the molecule is C#CC1(CO[P+](=O)Oc2ccccc2)C=CC(n2cc(C)c(=O)[nH]c2=O)O1. The summed E-state index contributed by atoms with van der Waals surface area (Å²) in [5.41, 5.74) is -2.08. The smallest absolute Gasteiger partial charge is 0.329 e. The van der Waals surface area contributed by atoms with Gasteiger partial charge in [-0.15, -0.1) is 10.9 Å². The number of aromatic nitrogens is 2. The molecular weight excluding hydrogens is 371 g/mol. The van der Waals surface area contributed by atoms with Crippen LogP contribution in [0.5, 0.6) is 5.75 Å². The maximum Gasteiger partial charge on any atom is 0.750 e. The minimum atomic E-state index is -2.47. The van der Waals surface area contributed by atoms with Crippen LogP contribution in [0.1, 0.15) is 11.8 Å². The van der Waals surface area contributed by atoms with Crippen LogP contribution in [0, 0.1) is 19.3 Å². The van der Waals surface area contributed by atoms with Gasteiger partial charge in [-0.25, -0.2) is 9.32 Å². The molecule has 1 N–H and O–H groups in total. The summed E-state index contributed by atoms with van der Waals surface area (Å²) in [4.78, 5) is 25.7. The lowest BCUT2D eigenvalue weighted by Gasteiger charge is -2.21. The van der Waals surface area contributed by atoms with Gasteiger partial charge in [-0.2, -0.15) is 0 Å². The third kappa shape index (κ3) is 4.23. The first-order chi connectivity index (χ1) is 12.9. The van der Waals surface area contributed by atoms with Gasteiger partial charge >= 0.3 is 13.9 Å². The molecule has 1 aliphatic heterocycles. The molecule has 0 radical (unpaired) electrons. The molecule has 3 atom stereocenters. The fraction of sp³-hybridized carbons (Fsp3) is 0.222. The second kappa shape index (κ2) is 7.72. The Hall–Kier alpha value is -2.98. The summed E-state index contributed by atoms with van der Waals surface area (Å²) in [7, 11) is -2.47. The summed E-state index contributed by atoms with van der Waals surface area (Å²) in [5.74, 6) is 2.83. The van der Waals surface area contributed by atoms with Crippen LogP contribution >= 0.6 is 8.25 Å². The third-order valence-electron chi connectivity index (χ3n) is 3.83. The predicted molar refractivity (Wildman–Crippen MR) is 97.5 cm³/mol.